The van der Waals surface area contributed by atoms with Crippen LogP contribution in [-0.4, -0.2) is 74.6 Å². The number of hydrogen-bond donors (Lipinski definition) is 4. The highest BCUT2D eigenvalue weighted by molar-refractivity contribution is 5.90. The van der Waals surface area contributed by atoms with E-state index in [0.29, 0.717) is 0 Å². The van der Waals surface area contributed by atoms with Gasteiger partial charge in [0.15, 0.2) is 0 Å². The summed E-state index contributed by atoms with van der Waals surface area (Å²) < 4.78 is 15.9. The summed E-state index contributed by atoms with van der Waals surface area (Å²) in [6.07, 6.45) is 6.98. The molecule has 4 atom stereocenters. The van der Waals surface area contributed by atoms with Gasteiger partial charge in [0.2, 0.25) is 11.8 Å². The van der Waals surface area contributed by atoms with E-state index in [1.807, 2.05) is 30.4 Å². The molecule has 0 radical (unpaired) electrons. The van der Waals surface area contributed by atoms with Crippen molar-refractivity contribution in [1.82, 2.24) is 10.6 Å². The van der Waals surface area contributed by atoms with Gasteiger partial charge in [-0.25, -0.2) is 4.79 Å². The zero-order chi connectivity index (χ0) is 26.6. The SMILES string of the molecule is NC(=O)C[C@H](NC(=O)OCC1c2ccccc2C2C=CC=CC21)C(=O)NCCOCCOCCC(=O)O. The molecule has 200 valence electrons. The number of fused-ring (bicyclic) bond motifs is 3. The highest BCUT2D eigenvalue weighted by Crippen LogP contribution is 2.49. The van der Waals surface area contributed by atoms with Crippen LogP contribution in [0.5, 0.6) is 0 Å². The van der Waals surface area contributed by atoms with Crippen LogP contribution in [-0.2, 0) is 28.6 Å². The Morgan fingerprint density at radius 2 is 1.68 bits per heavy atom. The van der Waals surface area contributed by atoms with Crippen molar-refractivity contribution in [2.75, 3.05) is 39.6 Å². The molecule has 0 heterocycles. The minimum absolute atomic E-state index is 0.0261. The van der Waals surface area contributed by atoms with E-state index in [4.69, 9.17) is 25.1 Å². The Balaban J connectivity index is 1.42. The number of carbonyl (C=O) groups is 4. The number of carboxylic acids is 1. The molecule has 3 amide bonds. The lowest BCUT2D eigenvalue weighted by molar-refractivity contribution is -0.138. The van der Waals surface area contributed by atoms with Crippen LogP contribution in [0.4, 0.5) is 4.79 Å². The molecule has 0 aliphatic heterocycles. The monoisotopic (exact) mass is 515 g/mol. The fraction of sp³-hybridized carbons (Fsp3) is 0.462. The minimum atomic E-state index is -1.19. The van der Waals surface area contributed by atoms with Gasteiger partial charge in [-0.15, -0.1) is 0 Å². The predicted octanol–water partition coefficient (Wildman–Crippen LogP) is 1.20. The van der Waals surface area contributed by atoms with Gasteiger partial charge in [-0.2, -0.15) is 0 Å². The number of ether oxygens (including phenoxy) is 3. The molecule has 11 heteroatoms. The van der Waals surface area contributed by atoms with Crippen molar-refractivity contribution in [3.63, 3.8) is 0 Å². The second-order valence-electron chi connectivity index (χ2n) is 8.73. The van der Waals surface area contributed by atoms with Crippen LogP contribution in [0.1, 0.15) is 35.8 Å². The molecular weight excluding hydrogens is 482 g/mol. The number of alkyl carbamates (subject to hydrolysis) is 1. The summed E-state index contributed by atoms with van der Waals surface area (Å²) in [4.78, 5) is 46.9. The van der Waals surface area contributed by atoms with Crippen LogP contribution >= 0.6 is 0 Å². The van der Waals surface area contributed by atoms with E-state index in [1.54, 1.807) is 0 Å². The zero-order valence-corrected chi connectivity index (χ0v) is 20.5. The van der Waals surface area contributed by atoms with Crippen LogP contribution in [0, 0.1) is 5.92 Å². The predicted molar refractivity (Wildman–Crippen MR) is 133 cm³/mol. The largest absolute Gasteiger partial charge is 0.481 e. The van der Waals surface area contributed by atoms with Crippen molar-refractivity contribution in [1.29, 1.82) is 0 Å². The molecule has 0 saturated carbocycles. The van der Waals surface area contributed by atoms with E-state index < -0.39 is 29.9 Å². The molecule has 5 N–H and O–H groups in total. The summed E-state index contributed by atoms with van der Waals surface area (Å²) in [6.45, 7) is 0.943. The average molecular weight is 516 g/mol. The van der Waals surface area contributed by atoms with Gasteiger partial charge in [0, 0.05) is 18.4 Å². The number of allylic oxidation sites excluding steroid dienone is 4. The molecule has 3 unspecified atom stereocenters. The summed E-state index contributed by atoms with van der Waals surface area (Å²) in [5, 5.41) is 13.5. The third-order valence-corrected chi connectivity index (χ3v) is 6.18. The van der Waals surface area contributed by atoms with Crippen LogP contribution in [0.3, 0.4) is 0 Å². The normalized spacial score (nSPS) is 19.9. The first-order chi connectivity index (χ1) is 17.9. The van der Waals surface area contributed by atoms with Gasteiger partial charge in [0.1, 0.15) is 12.6 Å². The number of primary amides is 1. The van der Waals surface area contributed by atoms with Crippen molar-refractivity contribution in [2.24, 2.45) is 11.7 Å². The highest BCUT2D eigenvalue weighted by atomic mass is 16.5. The number of benzene rings is 1. The Morgan fingerprint density at radius 1 is 0.973 bits per heavy atom. The number of rotatable bonds is 15. The molecule has 0 fully saturated rings. The molecule has 0 bridgehead atoms. The molecule has 0 spiro atoms. The summed E-state index contributed by atoms with van der Waals surface area (Å²) in [7, 11) is 0. The van der Waals surface area contributed by atoms with E-state index >= 15 is 0 Å². The van der Waals surface area contributed by atoms with E-state index in [2.05, 4.69) is 28.9 Å². The maximum absolute atomic E-state index is 12.5. The van der Waals surface area contributed by atoms with Crippen molar-refractivity contribution in [2.45, 2.75) is 30.7 Å². The Labute approximate surface area is 215 Å². The summed E-state index contributed by atoms with van der Waals surface area (Å²) >= 11 is 0. The van der Waals surface area contributed by atoms with Gasteiger partial charge in [0.25, 0.3) is 0 Å². The quantitative estimate of drug-likeness (QED) is 0.253. The highest BCUT2D eigenvalue weighted by Gasteiger charge is 2.39. The molecule has 1 aromatic rings. The Morgan fingerprint density at radius 3 is 2.41 bits per heavy atom. The lowest BCUT2D eigenvalue weighted by Gasteiger charge is -2.23. The average Bonchev–Trinajstić information content (AvgIpc) is 3.19. The summed E-state index contributed by atoms with van der Waals surface area (Å²) in [5.41, 5.74) is 7.59. The second kappa shape index (κ2) is 14.1. The van der Waals surface area contributed by atoms with Gasteiger partial charge < -0.3 is 35.7 Å². The van der Waals surface area contributed by atoms with Crippen molar-refractivity contribution >= 4 is 23.9 Å². The first-order valence-electron chi connectivity index (χ1n) is 12.2. The lowest BCUT2D eigenvalue weighted by atomic mass is 9.84. The van der Waals surface area contributed by atoms with E-state index in [0.717, 1.165) is 5.56 Å². The molecule has 0 aromatic heterocycles. The number of hydrogen-bond acceptors (Lipinski definition) is 7. The molecule has 11 nitrogen and oxygen atoms in total. The summed E-state index contributed by atoms with van der Waals surface area (Å²) in [5.74, 6) is -1.91. The number of nitrogens with two attached hydrogens (primary N) is 1. The topological polar surface area (TPSA) is 166 Å². The van der Waals surface area contributed by atoms with Crippen molar-refractivity contribution in [3.8, 4) is 0 Å². The zero-order valence-electron chi connectivity index (χ0n) is 20.5. The number of amides is 3. The van der Waals surface area contributed by atoms with E-state index in [1.165, 1.54) is 5.56 Å². The first kappa shape index (κ1) is 27.9. The van der Waals surface area contributed by atoms with E-state index in [9.17, 15) is 19.2 Å². The van der Waals surface area contributed by atoms with Gasteiger partial charge in [-0.3, -0.25) is 14.4 Å². The molecule has 3 rings (SSSR count). The van der Waals surface area contributed by atoms with Gasteiger partial charge in [-0.1, -0.05) is 48.6 Å². The molecule has 2 aliphatic carbocycles. The maximum atomic E-state index is 12.5. The third kappa shape index (κ3) is 8.43. The standard InChI is InChI=1S/C26H33N3O8/c27-23(30)15-22(25(33)28-10-12-36-14-13-35-11-9-24(31)32)29-26(34)37-16-21-19-7-3-1-5-17(19)18-6-2-4-8-20(18)21/h1-8,17,19,21-22H,9-16H2,(H2,27,30)(H,28,33)(H,29,34)(H,31,32)/t17?,19?,21?,22-/m0/s1. The fourth-order valence-corrected chi connectivity index (χ4v) is 4.49. The van der Waals surface area contributed by atoms with Crippen LogP contribution in [0.15, 0.2) is 48.6 Å². The lowest BCUT2D eigenvalue weighted by Crippen LogP contribution is -2.49. The van der Waals surface area contributed by atoms with Crippen LogP contribution in [0.25, 0.3) is 0 Å². The van der Waals surface area contributed by atoms with Gasteiger partial charge in [0.05, 0.1) is 39.3 Å². The van der Waals surface area contributed by atoms with Gasteiger partial charge >= 0.3 is 12.1 Å². The Bertz CT molecular complexity index is 1020. The first-order valence-corrected chi connectivity index (χ1v) is 12.2. The molecular formula is C26H33N3O8. The second-order valence-corrected chi connectivity index (χ2v) is 8.73. The Hall–Kier alpha value is -3.70. The Kier molecular flexibility index (Phi) is 10.7. The smallest absolute Gasteiger partial charge is 0.407 e. The molecule has 1 aromatic carbocycles. The number of carbonyl (C=O) groups excluding carboxylic acids is 3. The summed E-state index contributed by atoms with van der Waals surface area (Å²) in [6, 6.07) is 6.88. The van der Waals surface area contributed by atoms with Crippen LogP contribution < -0.4 is 16.4 Å². The third-order valence-electron chi connectivity index (χ3n) is 6.18. The number of aliphatic carboxylic acids is 1. The number of carboxylic acid groups (broad SMARTS) is 1. The number of nitrogens with one attached hydrogen (secondary N) is 2. The van der Waals surface area contributed by atoms with Gasteiger partial charge in [-0.05, 0) is 17.0 Å². The fourth-order valence-electron chi connectivity index (χ4n) is 4.49. The maximum Gasteiger partial charge on any atom is 0.407 e. The van der Waals surface area contributed by atoms with Crippen molar-refractivity contribution < 1.29 is 38.5 Å². The van der Waals surface area contributed by atoms with Crippen molar-refractivity contribution in [3.05, 3.63) is 59.7 Å². The minimum Gasteiger partial charge on any atom is -0.481 e. The van der Waals surface area contributed by atoms with E-state index in [-0.39, 0.29) is 70.2 Å². The molecule has 2 aliphatic rings. The molecule has 37 heavy (non-hydrogen) atoms. The molecule has 0 saturated heterocycles. The van der Waals surface area contributed by atoms with Crippen LogP contribution in [0.2, 0.25) is 0 Å².